The maximum absolute atomic E-state index is 10.1. The van der Waals surface area contributed by atoms with Crippen molar-refractivity contribution in [3.05, 3.63) is 357 Å². The predicted octanol–water partition coefficient (Wildman–Crippen LogP) is 27.1. The van der Waals surface area contributed by atoms with Crippen LogP contribution in [0.5, 0.6) is 0 Å². The van der Waals surface area contributed by atoms with Crippen molar-refractivity contribution in [2.45, 2.75) is 0 Å². The third-order valence-electron chi connectivity index (χ3n) is 22.3. The lowest BCUT2D eigenvalue weighted by Crippen LogP contribution is -2.12. The summed E-state index contributed by atoms with van der Waals surface area (Å²) in [6.45, 7) is 10.1. The topological polar surface area (TPSA) is 97.2 Å². The van der Waals surface area contributed by atoms with Gasteiger partial charge < -0.3 is 27.0 Å². The molecule has 7 heterocycles. The van der Waals surface area contributed by atoms with Crippen molar-refractivity contribution < 1.29 is 13.3 Å². The summed E-state index contributed by atoms with van der Waals surface area (Å²) in [6, 6.07) is 121. The summed E-state index contributed by atoms with van der Waals surface area (Å²) < 4.78 is 29.1. The molecule has 0 saturated heterocycles. The Morgan fingerprint density at radius 2 is 0.555 bits per heavy atom. The minimum absolute atomic E-state index is 0.335. The lowest BCUT2D eigenvalue weighted by Gasteiger charge is -2.26. The van der Waals surface area contributed by atoms with Gasteiger partial charge in [0.25, 0.3) is 0 Å². The molecule has 0 amide bonds. The van der Waals surface area contributed by atoms with Crippen LogP contribution in [-0.2, 0) is 0 Å². The molecule has 0 fully saturated rings. The zero-order valence-electron chi connectivity index (χ0n) is 58.8. The summed E-state index contributed by atoms with van der Waals surface area (Å²) in [7, 11) is 0. The Hall–Kier alpha value is -15.2. The Kier molecular flexibility index (Phi) is 13.3. The summed E-state index contributed by atoms with van der Waals surface area (Å²) in [5.41, 5.74) is 22.7. The number of para-hydroxylation sites is 2. The molecule has 0 saturated carbocycles. The first-order valence-corrected chi connectivity index (χ1v) is 36.9. The van der Waals surface area contributed by atoms with Crippen LogP contribution in [0.25, 0.3) is 232 Å². The molecule has 10 nitrogen and oxygen atoms in total. The highest BCUT2D eigenvalue weighted by Crippen LogP contribution is 2.54. The quantitative estimate of drug-likeness (QED) is 0.127. The summed E-state index contributed by atoms with van der Waals surface area (Å²) in [6.07, 6.45) is 0. The second-order valence-corrected chi connectivity index (χ2v) is 28.3. The lowest BCUT2D eigenvalue weighted by atomic mass is 10.0. The molecule has 0 atom stereocenters. The highest BCUT2D eigenvalue weighted by atomic mass is 16.3. The first-order valence-electron chi connectivity index (χ1n) is 36.9. The summed E-state index contributed by atoms with van der Waals surface area (Å²) in [5.74, 6) is 1.29. The maximum Gasteiger partial charge on any atom is 0.213 e. The van der Waals surface area contributed by atoms with Gasteiger partial charge in [-0.05, 0) is 148 Å². The molecule has 0 radical (unpaired) electrons. The van der Waals surface area contributed by atoms with Crippen molar-refractivity contribution >= 4 is 137 Å². The molecule has 510 valence electrons. The molecule has 0 N–H and O–H groups in total. The molecule has 0 aliphatic rings. The monoisotopic (exact) mass is 1400 g/mol. The van der Waals surface area contributed by atoms with Gasteiger partial charge in [0.1, 0.15) is 33.5 Å². The van der Waals surface area contributed by atoms with Crippen molar-refractivity contribution in [1.82, 2.24) is 28.7 Å². The van der Waals surface area contributed by atoms with Crippen molar-refractivity contribution in [1.29, 1.82) is 0 Å². The smallest absolute Gasteiger partial charge is 0.213 e. The van der Waals surface area contributed by atoms with Crippen LogP contribution in [0.4, 0.5) is 5.69 Å². The Labute approximate surface area is 627 Å². The molecule has 23 rings (SSSR count). The van der Waals surface area contributed by atoms with Crippen LogP contribution >= 0.6 is 0 Å². The highest BCUT2D eigenvalue weighted by Gasteiger charge is 2.34. The molecule has 0 aliphatic heterocycles. The third kappa shape index (κ3) is 9.19. The fourth-order valence-corrected chi connectivity index (χ4v) is 17.4. The number of fused-ring (bicyclic) bond motifs is 21. The highest BCUT2D eigenvalue weighted by molar-refractivity contribution is 6.29. The van der Waals surface area contributed by atoms with Crippen LogP contribution in [0.15, 0.2) is 359 Å². The van der Waals surface area contributed by atoms with E-state index in [1.807, 2.05) is 78.9 Å². The van der Waals surface area contributed by atoms with E-state index in [9.17, 15) is 6.57 Å². The van der Waals surface area contributed by atoms with Gasteiger partial charge in [0.2, 0.25) is 5.69 Å². The fraction of sp³-hybridized carbons (Fsp3) is 0. The number of rotatable bonds is 10. The molecule has 16 aromatic carbocycles. The van der Waals surface area contributed by atoms with Crippen molar-refractivity contribution in [3.63, 3.8) is 0 Å². The van der Waals surface area contributed by atoms with Crippen molar-refractivity contribution in [2.24, 2.45) is 0 Å². The summed E-state index contributed by atoms with van der Waals surface area (Å²) in [5, 5.41) is 11.5. The number of nitrogens with zero attached hydrogens (tertiary/aromatic N) is 7. The summed E-state index contributed by atoms with van der Waals surface area (Å²) >= 11 is 0. The predicted molar refractivity (Wildman–Crippen MR) is 449 cm³/mol. The van der Waals surface area contributed by atoms with E-state index in [1.165, 1.54) is 0 Å². The Bertz CT molecular complexity index is 7760. The first-order chi connectivity index (χ1) is 54.5. The zero-order valence-corrected chi connectivity index (χ0v) is 58.8. The minimum Gasteiger partial charge on any atom is -0.455 e. The number of furan rings is 3. The molecule has 110 heavy (non-hydrogen) atoms. The zero-order chi connectivity index (χ0) is 72.2. The summed E-state index contributed by atoms with van der Waals surface area (Å²) in [4.78, 5) is 21.6. The first kappa shape index (κ1) is 61.2. The van der Waals surface area contributed by atoms with Crippen LogP contribution in [0.3, 0.4) is 0 Å². The van der Waals surface area contributed by atoms with E-state index < -0.39 is 0 Å². The molecular weight excluding hydrogens is 1350 g/mol. The van der Waals surface area contributed by atoms with Gasteiger partial charge in [0.15, 0.2) is 17.5 Å². The Morgan fingerprint density at radius 1 is 0.227 bits per heavy atom. The van der Waals surface area contributed by atoms with Crippen molar-refractivity contribution in [2.75, 3.05) is 0 Å². The van der Waals surface area contributed by atoms with Crippen LogP contribution < -0.4 is 0 Å². The van der Waals surface area contributed by atoms with Gasteiger partial charge in [0.05, 0.1) is 72.9 Å². The van der Waals surface area contributed by atoms with Gasteiger partial charge in [-0.3, -0.25) is 0 Å². The van der Waals surface area contributed by atoms with Gasteiger partial charge in [0, 0.05) is 65.2 Å². The fourth-order valence-electron chi connectivity index (χ4n) is 17.4. The standard InChI is InChI=1S/C100H57N7O3/c1-101-79-58-78(100-103-98(63-32-16-6-17-33-63)102-99(104-100)64-34-18-7-19-35-64)92(105-81-47-40-65(59-24-8-2-9-25-59)56-76(81)90-84(105)50-45-71-74-54-67(61-28-12-4-13-29-61)42-52-87(74)109-96(71)90)94(107-80-38-22-20-37-73(80)89-83(107)49-44-70-69-36-21-23-39-86(69)108-95(70)89)93(79)106-82-48-41-66(60-26-10-3-11-27-60)57-77(82)91-85(106)51-46-72-75-55-68(62-30-14-5-15-31-62)43-53-88(75)110-97(72)91/h2-58H. The number of benzene rings is 16. The van der Waals surface area contributed by atoms with Gasteiger partial charge in [-0.1, -0.05) is 243 Å². The largest absolute Gasteiger partial charge is 0.455 e. The molecule has 0 spiro atoms. The minimum atomic E-state index is 0.335. The van der Waals surface area contributed by atoms with Gasteiger partial charge in [-0.25, -0.2) is 19.8 Å². The van der Waals surface area contributed by atoms with Crippen LogP contribution in [0, 0.1) is 6.57 Å². The molecule has 0 unspecified atom stereocenters. The molecule has 0 aliphatic carbocycles. The molecular formula is C100H57N7O3. The molecule has 7 aromatic heterocycles. The Balaban J connectivity index is 0.945. The lowest BCUT2D eigenvalue weighted by molar-refractivity contribution is 0.672. The van der Waals surface area contributed by atoms with Gasteiger partial charge in [-0.2, -0.15) is 0 Å². The van der Waals surface area contributed by atoms with E-state index in [-0.39, 0.29) is 0 Å². The molecule has 0 bridgehead atoms. The van der Waals surface area contributed by atoms with E-state index in [0.717, 1.165) is 187 Å². The van der Waals surface area contributed by atoms with E-state index in [1.54, 1.807) is 0 Å². The van der Waals surface area contributed by atoms with Crippen LogP contribution in [0.2, 0.25) is 0 Å². The van der Waals surface area contributed by atoms with E-state index in [4.69, 9.17) is 33.0 Å². The van der Waals surface area contributed by atoms with Gasteiger partial charge in [-0.15, -0.1) is 0 Å². The number of hydrogen-bond acceptors (Lipinski definition) is 6. The second kappa shape index (κ2) is 23.9. The SMILES string of the molecule is [C-]#[N+]c1cc(-c2nc(-c3ccccc3)nc(-c3ccccc3)n2)c(-n2c3ccc(-c4ccccc4)cc3c3c4oc5ccc(-c6ccccc6)cc5c4ccc32)c(-n2c3ccccc3c3c4oc5ccccc5c4ccc32)c1-n1c2ccc(-c3ccccc3)cc2c2c3oc4ccc(-c5ccccc5)cc4c3ccc21. The van der Waals surface area contributed by atoms with E-state index in [2.05, 4.69) is 281 Å². The van der Waals surface area contributed by atoms with E-state index >= 15 is 0 Å². The van der Waals surface area contributed by atoms with Crippen LogP contribution in [0.1, 0.15) is 0 Å². The normalized spacial score (nSPS) is 12.0. The Morgan fingerprint density at radius 3 is 1.01 bits per heavy atom. The number of hydrogen-bond donors (Lipinski definition) is 0. The average molecular weight is 1400 g/mol. The van der Waals surface area contributed by atoms with E-state index in [0.29, 0.717) is 45.8 Å². The van der Waals surface area contributed by atoms with Gasteiger partial charge >= 0.3 is 0 Å². The maximum atomic E-state index is 10.1. The van der Waals surface area contributed by atoms with Crippen LogP contribution in [-0.4, -0.2) is 28.7 Å². The van der Waals surface area contributed by atoms with Crippen molar-refractivity contribution in [3.8, 4) is 95.7 Å². The number of aromatic nitrogens is 6. The molecule has 10 heteroatoms. The molecule has 23 aromatic rings. The average Bonchev–Trinajstić information content (AvgIpc) is 1.52. The second-order valence-electron chi connectivity index (χ2n) is 28.3. The third-order valence-corrected chi connectivity index (χ3v) is 22.3.